The molecule has 2 fully saturated rings. The Labute approximate surface area is 192 Å². The Hall–Kier alpha value is -3.51. The number of nitrogens with zero attached hydrogens (tertiary/aromatic N) is 4. The van der Waals surface area contributed by atoms with Crippen molar-refractivity contribution >= 4 is 17.3 Å². The molecule has 0 aliphatic carbocycles. The lowest BCUT2D eigenvalue weighted by atomic mass is 10.1. The van der Waals surface area contributed by atoms with E-state index in [1.165, 1.54) is 7.11 Å². The number of methoxy groups -OCH3 is 1. The molecule has 9 nitrogen and oxygen atoms in total. The van der Waals surface area contributed by atoms with Crippen LogP contribution in [0.15, 0.2) is 30.5 Å². The molecule has 1 aromatic heterocycles. The molecule has 1 unspecified atom stereocenters. The van der Waals surface area contributed by atoms with E-state index < -0.39 is 0 Å². The Morgan fingerprint density at radius 1 is 1.30 bits per heavy atom. The molecule has 0 spiro atoms. The summed E-state index contributed by atoms with van der Waals surface area (Å²) in [5, 5.41) is 12.7. The molecular weight excluding hydrogens is 422 g/mol. The number of rotatable bonds is 5. The van der Waals surface area contributed by atoms with Crippen molar-refractivity contribution in [1.82, 2.24) is 15.2 Å². The predicted octanol–water partition coefficient (Wildman–Crippen LogP) is 2.08. The molecule has 5 rings (SSSR count). The number of nitriles is 1. The van der Waals surface area contributed by atoms with Gasteiger partial charge >= 0.3 is 0 Å². The van der Waals surface area contributed by atoms with Crippen LogP contribution in [0.1, 0.15) is 18.4 Å². The zero-order chi connectivity index (χ0) is 22.8. The lowest BCUT2D eigenvalue weighted by molar-refractivity contribution is -0.134. The zero-order valence-electron chi connectivity index (χ0n) is 18.6. The van der Waals surface area contributed by atoms with Crippen LogP contribution in [0, 0.1) is 17.2 Å². The summed E-state index contributed by atoms with van der Waals surface area (Å²) in [4.78, 5) is 21.0. The van der Waals surface area contributed by atoms with Crippen LogP contribution in [0.3, 0.4) is 0 Å². The van der Waals surface area contributed by atoms with Crippen LogP contribution < -0.4 is 24.4 Å². The van der Waals surface area contributed by atoms with Gasteiger partial charge in [-0.3, -0.25) is 4.79 Å². The first-order valence-electron chi connectivity index (χ1n) is 11.3. The Bertz CT molecular complexity index is 1080. The normalized spacial score (nSPS) is 21.8. The molecule has 2 aromatic rings. The first-order chi connectivity index (χ1) is 16.2. The predicted molar refractivity (Wildman–Crippen MR) is 121 cm³/mol. The van der Waals surface area contributed by atoms with E-state index in [0.29, 0.717) is 31.1 Å². The van der Waals surface area contributed by atoms with E-state index in [1.807, 2.05) is 23.1 Å². The number of benzene rings is 1. The molecule has 2 atom stereocenters. The van der Waals surface area contributed by atoms with Crippen molar-refractivity contribution in [3.8, 4) is 23.4 Å². The van der Waals surface area contributed by atoms with E-state index in [-0.39, 0.29) is 17.9 Å². The fourth-order valence-corrected chi connectivity index (χ4v) is 4.71. The second-order valence-corrected chi connectivity index (χ2v) is 8.49. The fraction of sp³-hybridized carbons (Fsp3) is 0.458. The van der Waals surface area contributed by atoms with Crippen LogP contribution in [0.2, 0.25) is 0 Å². The van der Waals surface area contributed by atoms with Crippen molar-refractivity contribution in [2.45, 2.75) is 18.9 Å². The van der Waals surface area contributed by atoms with Gasteiger partial charge in [-0.15, -0.1) is 0 Å². The van der Waals surface area contributed by atoms with Gasteiger partial charge in [-0.1, -0.05) is 0 Å². The number of likely N-dealkylation sites (tertiary alicyclic amines) is 1. The van der Waals surface area contributed by atoms with Crippen molar-refractivity contribution in [1.29, 1.82) is 5.26 Å². The Kier molecular flexibility index (Phi) is 5.92. The molecule has 4 heterocycles. The quantitative estimate of drug-likeness (QED) is 0.741. The van der Waals surface area contributed by atoms with Gasteiger partial charge in [0.2, 0.25) is 11.8 Å². The average Bonchev–Trinajstić information content (AvgIpc) is 3.55. The molecule has 1 N–H and O–H groups in total. The van der Waals surface area contributed by atoms with Gasteiger partial charge in [0.15, 0.2) is 0 Å². The van der Waals surface area contributed by atoms with E-state index in [9.17, 15) is 10.1 Å². The number of nitrogens with one attached hydrogen (secondary N) is 1. The highest BCUT2D eigenvalue weighted by molar-refractivity contribution is 5.79. The molecule has 1 aromatic carbocycles. The molecule has 0 saturated carbocycles. The molecule has 172 valence electrons. The van der Waals surface area contributed by atoms with Crippen molar-refractivity contribution in [2.24, 2.45) is 5.92 Å². The SMILES string of the molecule is COc1ncc(N2CCOc3ccc(O[C@H]4CCN(C(=O)C5CCNC5)C4)cc32)cc1C#N. The Balaban J connectivity index is 1.32. The van der Waals surface area contributed by atoms with Gasteiger partial charge in [0.05, 0.1) is 43.7 Å². The van der Waals surface area contributed by atoms with E-state index in [0.717, 1.165) is 55.3 Å². The monoisotopic (exact) mass is 449 g/mol. The molecule has 33 heavy (non-hydrogen) atoms. The van der Waals surface area contributed by atoms with Crippen LogP contribution in [-0.2, 0) is 4.79 Å². The van der Waals surface area contributed by atoms with Crippen molar-refractivity contribution in [3.05, 3.63) is 36.0 Å². The van der Waals surface area contributed by atoms with Crippen LogP contribution in [0.5, 0.6) is 17.4 Å². The number of fused-ring (bicyclic) bond motifs is 1. The third-order valence-corrected chi connectivity index (χ3v) is 6.42. The van der Waals surface area contributed by atoms with E-state index in [1.54, 1.807) is 12.3 Å². The van der Waals surface area contributed by atoms with Gasteiger partial charge in [-0.25, -0.2) is 4.98 Å². The van der Waals surface area contributed by atoms with E-state index in [4.69, 9.17) is 14.2 Å². The summed E-state index contributed by atoms with van der Waals surface area (Å²) in [6, 6.07) is 9.67. The van der Waals surface area contributed by atoms with Crippen molar-refractivity contribution < 1.29 is 19.0 Å². The first kappa shape index (κ1) is 21.3. The number of hydrogen-bond donors (Lipinski definition) is 1. The van der Waals surface area contributed by atoms with Gasteiger partial charge in [-0.05, 0) is 31.2 Å². The fourth-order valence-electron chi connectivity index (χ4n) is 4.71. The average molecular weight is 450 g/mol. The highest BCUT2D eigenvalue weighted by Crippen LogP contribution is 2.40. The summed E-state index contributed by atoms with van der Waals surface area (Å²) in [7, 11) is 1.50. The van der Waals surface area contributed by atoms with Crippen LogP contribution in [-0.4, -0.2) is 68.3 Å². The van der Waals surface area contributed by atoms with Gasteiger partial charge in [-0.2, -0.15) is 5.26 Å². The maximum atomic E-state index is 12.7. The summed E-state index contributed by atoms with van der Waals surface area (Å²) in [5.74, 6) is 2.11. The first-order valence-corrected chi connectivity index (χ1v) is 11.3. The third-order valence-electron chi connectivity index (χ3n) is 6.42. The molecule has 0 bridgehead atoms. The van der Waals surface area contributed by atoms with Gasteiger partial charge in [0.25, 0.3) is 0 Å². The van der Waals surface area contributed by atoms with E-state index in [2.05, 4.69) is 21.3 Å². The van der Waals surface area contributed by atoms with E-state index >= 15 is 0 Å². The summed E-state index contributed by atoms with van der Waals surface area (Å²) in [5.41, 5.74) is 2.03. The lowest BCUT2D eigenvalue weighted by Gasteiger charge is -2.31. The summed E-state index contributed by atoms with van der Waals surface area (Å²) < 4.78 is 17.3. The maximum absolute atomic E-state index is 12.7. The molecular formula is C24H27N5O4. The van der Waals surface area contributed by atoms with Crippen molar-refractivity contribution in [2.75, 3.05) is 51.3 Å². The number of amides is 1. The second kappa shape index (κ2) is 9.16. The smallest absolute Gasteiger partial charge is 0.231 e. The van der Waals surface area contributed by atoms with Crippen LogP contribution >= 0.6 is 0 Å². The van der Waals surface area contributed by atoms with Gasteiger partial charge < -0.3 is 29.3 Å². The molecule has 2 saturated heterocycles. The topological polar surface area (TPSA) is 100.0 Å². The standard InChI is InChI=1S/C24H27N5O4/c1-31-23-17(12-25)10-18(14-27-23)29-8-9-32-22-3-2-19(11-21(22)29)33-20-5-7-28(15-20)24(30)16-4-6-26-13-16/h2-3,10-11,14,16,20,26H,4-9,13,15H2,1H3/t16?,20-/m0/s1. The highest BCUT2D eigenvalue weighted by atomic mass is 16.5. The minimum atomic E-state index is -0.0350. The molecule has 3 aliphatic rings. The number of carbonyl (C=O) groups excluding carboxylic acids is 1. The van der Waals surface area contributed by atoms with Crippen molar-refractivity contribution in [3.63, 3.8) is 0 Å². The number of carbonyl (C=O) groups is 1. The summed E-state index contributed by atoms with van der Waals surface area (Å²) in [6.45, 7) is 4.18. The molecule has 0 radical (unpaired) electrons. The minimum Gasteiger partial charge on any atom is -0.490 e. The minimum absolute atomic E-state index is 0.0350. The Morgan fingerprint density at radius 3 is 3.00 bits per heavy atom. The number of anilines is 2. The zero-order valence-corrected chi connectivity index (χ0v) is 18.6. The van der Waals surface area contributed by atoms with Crippen LogP contribution in [0.4, 0.5) is 11.4 Å². The largest absolute Gasteiger partial charge is 0.490 e. The van der Waals surface area contributed by atoms with Crippen LogP contribution in [0.25, 0.3) is 0 Å². The number of pyridine rings is 1. The Morgan fingerprint density at radius 2 is 2.21 bits per heavy atom. The van der Waals surface area contributed by atoms with Gasteiger partial charge in [0, 0.05) is 25.6 Å². The van der Waals surface area contributed by atoms with Gasteiger partial charge in [0.1, 0.15) is 35.8 Å². The molecule has 1 amide bonds. The highest BCUT2D eigenvalue weighted by Gasteiger charge is 2.33. The lowest BCUT2D eigenvalue weighted by Crippen LogP contribution is -2.36. The molecule has 3 aliphatic heterocycles. The number of hydrogen-bond acceptors (Lipinski definition) is 8. The maximum Gasteiger partial charge on any atom is 0.231 e. The summed E-state index contributed by atoms with van der Waals surface area (Å²) >= 11 is 0. The number of aromatic nitrogens is 1. The summed E-state index contributed by atoms with van der Waals surface area (Å²) in [6.07, 6.45) is 3.39. The molecule has 9 heteroatoms. The number of ether oxygens (including phenoxy) is 3. The third kappa shape index (κ3) is 4.26. The second-order valence-electron chi connectivity index (χ2n) is 8.49.